The zero-order valence-electron chi connectivity index (χ0n) is 13.6. The second-order valence-corrected chi connectivity index (χ2v) is 6.62. The number of ketones is 1. The van der Waals surface area contributed by atoms with E-state index in [1.54, 1.807) is 36.6 Å². The van der Waals surface area contributed by atoms with Gasteiger partial charge in [0.2, 0.25) is 0 Å². The largest absolute Gasteiger partial charge is 0.468 e. The van der Waals surface area contributed by atoms with Crippen LogP contribution in [-0.2, 0) is 5.75 Å². The van der Waals surface area contributed by atoms with Gasteiger partial charge < -0.3 is 13.6 Å². The summed E-state index contributed by atoms with van der Waals surface area (Å²) in [4.78, 5) is 12.4. The van der Waals surface area contributed by atoms with Gasteiger partial charge in [0.15, 0.2) is 11.5 Å². The molecule has 0 aliphatic heterocycles. The molecule has 136 valence electrons. The molecular weight excluding hydrogens is 362 g/mol. The van der Waals surface area contributed by atoms with Gasteiger partial charge in [0.25, 0.3) is 0 Å². The second-order valence-electron chi connectivity index (χ2n) is 5.43. The number of carbonyl (C=O) groups is 1. The van der Waals surface area contributed by atoms with Gasteiger partial charge in [-0.25, -0.2) is 0 Å². The highest BCUT2D eigenvalue weighted by Crippen LogP contribution is 2.36. The summed E-state index contributed by atoms with van der Waals surface area (Å²) in [6.45, 7) is -2.87. The Balaban J connectivity index is 1.73. The third-order valence-electron chi connectivity index (χ3n) is 3.65. The third-order valence-corrected chi connectivity index (χ3v) is 4.94. The van der Waals surface area contributed by atoms with Crippen molar-refractivity contribution < 1.29 is 27.1 Å². The molecule has 0 amide bonds. The summed E-state index contributed by atoms with van der Waals surface area (Å²) in [7, 11) is 0. The van der Waals surface area contributed by atoms with Crippen LogP contribution >= 0.6 is 11.8 Å². The molecule has 0 spiro atoms. The van der Waals surface area contributed by atoms with Gasteiger partial charge in [-0.05, 0) is 42.0 Å². The predicted molar refractivity (Wildman–Crippen MR) is 93.5 cm³/mol. The van der Waals surface area contributed by atoms with E-state index in [-0.39, 0.29) is 23.2 Å². The van der Waals surface area contributed by atoms with Crippen molar-refractivity contribution in [1.82, 2.24) is 0 Å². The van der Waals surface area contributed by atoms with Crippen molar-refractivity contribution in [2.45, 2.75) is 24.0 Å². The molecule has 26 heavy (non-hydrogen) atoms. The third kappa shape index (κ3) is 4.98. The lowest BCUT2D eigenvalue weighted by Crippen LogP contribution is -2.06. The Hall–Kier alpha value is -2.54. The Kier molecular flexibility index (Phi) is 6.12. The Labute approximate surface area is 153 Å². The minimum Gasteiger partial charge on any atom is -0.468 e. The average molecular weight is 378 g/mol. The highest BCUT2D eigenvalue weighted by molar-refractivity contribution is 7.98. The summed E-state index contributed by atoms with van der Waals surface area (Å²) in [6, 6.07) is 13.3. The van der Waals surface area contributed by atoms with Crippen molar-refractivity contribution in [3.05, 3.63) is 78.1 Å². The van der Waals surface area contributed by atoms with Gasteiger partial charge in [-0.3, -0.25) is 4.79 Å². The zero-order chi connectivity index (χ0) is 18.4. The molecule has 1 aromatic carbocycles. The molecule has 4 nitrogen and oxygen atoms in total. The van der Waals surface area contributed by atoms with Crippen LogP contribution in [0.2, 0.25) is 0 Å². The molecule has 0 bridgehead atoms. The molecule has 0 aliphatic carbocycles. The number of Topliss-reactive ketones (excluding diaryl/α,β-unsaturated/α-hetero) is 1. The maximum atomic E-state index is 12.4. The Morgan fingerprint density at radius 2 is 1.77 bits per heavy atom. The van der Waals surface area contributed by atoms with Gasteiger partial charge in [0.1, 0.15) is 11.5 Å². The predicted octanol–water partition coefficient (Wildman–Crippen LogP) is 5.72. The summed E-state index contributed by atoms with van der Waals surface area (Å²) in [5, 5.41) is -0.182. The van der Waals surface area contributed by atoms with Crippen molar-refractivity contribution in [3.8, 4) is 5.75 Å². The molecule has 1 unspecified atom stereocenters. The normalized spacial score (nSPS) is 12.3. The summed E-state index contributed by atoms with van der Waals surface area (Å²) in [5.41, 5.74) is 0.836. The number of halogens is 2. The molecule has 2 heterocycles. The van der Waals surface area contributed by atoms with E-state index in [1.165, 1.54) is 30.2 Å². The van der Waals surface area contributed by atoms with Crippen LogP contribution in [0.15, 0.2) is 69.9 Å². The highest BCUT2D eigenvalue weighted by Gasteiger charge is 2.20. The number of thioether (sulfide) groups is 1. The van der Waals surface area contributed by atoms with Crippen LogP contribution in [0, 0.1) is 0 Å². The van der Waals surface area contributed by atoms with Crippen LogP contribution in [0.3, 0.4) is 0 Å². The van der Waals surface area contributed by atoms with Crippen LogP contribution in [0.5, 0.6) is 5.75 Å². The molecular formula is C19H16F2O4S. The number of hydrogen-bond donors (Lipinski definition) is 0. The molecule has 3 aromatic rings. The molecule has 2 aromatic heterocycles. The second kappa shape index (κ2) is 8.71. The summed E-state index contributed by atoms with van der Waals surface area (Å²) < 4.78 is 39.5. The number of rotatable bonds is 9. The number of hydrogen-bond acceptors (Lipinski definition) is 5. The standard InChI is InChI=1S/C19H16F2O4S/c20-19(21)25-14-7-5-13(6-8-14)18(26-12-15-3-1-9-23-15)11-16(22)17-4-2-10-24-17/h1-10,18-19H,11-12H2. The maximum Gasteiger partial charge on any atom is 0.387 e. The zero-order valence-corrected chi connectivity index (χ0v) is 14.5. The van der Waals surface area contributed by atoms with Crippen LogP contribution < -0.4 is 4.74 Å². The fourth-order valence-corrected chi connectivity index (χ4v) is 3.57. The van der Waals surface area contributed by atoms with Gasteiger partial charge in [0.05, 0.1) is 18.3 Å². The molecule has 0 saturated carbocycles. The molecule has 0 N–H and O–H groups in total. The fraction of sp³-hybridized carbons (Fsp3) is 0.211. The number of benzene rings is 1. The fourth-order valence-electron chi connectivity index (χ4n) is 2.42. The topological polar surface area (TPSA) is 52.6 Å². The van der Waals surface area contributed by atoms with Crippen molar-refractivity contribution in [1.29, 1.82) is 0 Å². The van der Waals surface area contributed by atoms with Crippen LogP contribution in [0.4, 0.5) is 8.78 Å². The smallest absolute Gasteiger partial charge is 0.387 e. The maximum absolute atomic E-state index is 12.4. The van der Waals surface area contributed by atoms with E-state index in [4.69, 9.17) is 8.83 Å². The van der Waals surface area contributed by atoms with E-state index in [0.717, 1.165) is 11.3 Å². The van der Waals surface area contributed by atoms with Gasteiger partial charge in [-0.15, -0.1) is 11.8 Å². The molecule has 0 radical (unpaired) electrons. The van der Waals surface area contributed by atoms with Crippen LogP contribution in [0.1, 0.15) is 33.5 Å². The van der Waals surface area contributed by atoms with E-state index in [2.05, 4.69) is 4.74 Å². The molecule has 0 aliphatic rings. The van der Waals surface area contributed by atoms with E-state index in [9.17, 15) is 13.6 Å². The minimum atomic E-state index is -2.87. The average Bonchev–Trinajstić information content (AvgIpc) is 3.32. The first-order chi connectivity index (χ1) is 12.6. The van der Waals surface area contributed by atoms with Crippen LogP contribution in [0.25, 0.3) is 0 Å². The lowest BCUT2D eigenvalue weighted by Gasteiger charge is -2.16. The van der Waals surface area contributed by atoms with Crippen LogP contribution in [-0.4, -0.2) is 12.4 Å². The van der Waals surface area contributed by atoms with E-state index < -0.39 is 6.61 Å². The Bertz CT molecular complexity index is 799. The molecule has 0 saturated heterocycles. The first-order valence-corrected chi connectivity index (χ1v) is 8.92. The molecule has 3 rings (SSSR count). The van der Waals surface area contributed by atoms with Crippen molar-refractivity contribution in [2.24, 2.45) is 0 Å². The summed E-state index contributed by atoms with van der Waals surface area (Å²) in [6.07, 6.45) is 3.26. The molecule has 7 heteroatoms. The quantitative estimate of drug-likeness (QED) is 0.446. The first kappa shape index (κ1) is 18.3. The lowest BCUT2D eigenvalue weighted by atomic mass is 10.1. The van der Waals surface area contributed by atoms with Crippen molar-refractivity contribution in [3.63, 3.8) is 0 Å². The Morgan fingerprint density at radius 3 is 2.38 bits per heavy atom. The van der Waals surface area contributed by atoms with Gasteiger partial charge in [-0.1, -0.05) is 12.1 Å². The minimum absolute atomic E-state index is 0.0795. The summed E-state index contributed by atoms with van der Waals surface area (Å²) in [5.74, 6) is 1.63. The number of furan rings is 2. The summed E-state index contributed by atoms with van der Waals surface area (Å²) >= 11 is 1.53. The van der Waals surface area contributed by atoms with Crippen molar-refractivity contribution >= 4 is 17.5 Å². The molecule has 0 fully saturated rings. The number of alkyl halides is 2. The van der Waals surface area contributed by atoms with E-state index in [1.807, 2.05) is 6.07 Å². The number of carbonyl (C=O) groups excluding carboxylic acids is 1. The lowest BCUT2D eigenvalue weighted by molar-refractivity contribution is -0.0498. The van der Waals surface area contributed by atoms with E-state index >= 15 is 0 Å². The Morgan fingerprint density at radius 1 is 1.04 bits per heavy atom. The first-order valence-electron chi connectivity index (χ1n) is 7.87. The highest BCUT2D eigenvalue weighted by atomic mass is 32.2. The monoisotopic (exact) mass is 378 g/mol. The van der Waals surface area contributed by atoms with Gasteiger partial charge in [0, 0.05) is 11.7 Å². The van der Waals surface area contributed by atoms with Gasteiger partial charge in [-0.2, -0.15) is 8.78 Å². The van der Waals surface area contributed by atoms with Crippen molar-refractivity contribution in [2.75, 3.05) is 0 Å². The SMILES string of the molecule is O=C(CC(SCc1ccco1)c1ccc(OC(F)F)cc1)c1ccco1. The number of ether oxygens (including phenoxy) is 1. The van der Waals surface area contributed by atoms with Gasteiger partial charge >= 0.3 is 6.61 Å². The molecule has 1 atom stereocenters. The van der Waals surface area contributed by atoms with E-state index in [0.29, 0.717) is 11.5 Å².